The molecule has 0 saturated heterocycles. The lowest BCUT2D eigenvalue weighted by molar-refractivity contribution is -0.141. The zero-order valence-corrected chi connectivity index (χ0v) is 50.4. The van der Waals surface area contributed by atoms with Gasteiger partial charge in [-0.3, -0.25) is 52.7 Å². The van der Waals surface area contributed by atoms with Crippen molar-refractivity contribution < 1.29 is 63.0 Å². The van der Waals surface area contributed by atoms with Crippen LogP contribution in [0.25, 0.3) is 0 Å². The Labute approximate surface area is 493 Å². The maximum Gasteiger partial charge on any atom is 0.305 e. The predicted octanol–water partition coefficient (Wildman–Crippen LogP) is 7.43. The van der Waals surface area contributed by atoms with Gasteiger partial charge in [0.1, 0.15) is 24.2 Å². The number of carbonyl (C=O) groups excluding carboxylic acids is 9. The zero-order chi connectivity index (χ0) is 61.5. The van der Waals surface area contributed by atoms with Crippen molar-refractivity contribution in [2.24, 2.45) is 5.73 Å². The molecule has 0 saturated carbocycles. The maximum absolute atomic E-state index is 14.0. The number of aliphatic carboxylic acids is 2. The van der Waals surface area contributed by atoms with Crippen molar-refractivity contribution in [3.8, 4) is 0 Å². The molecule has 0 radical (unpaired) electrons. The molecule has 1 aromatic carbocycles. The summed E-state index contributed by atoms with van der Waals surface area (Å²) in [5, 5.41) is 36.3. The number of Topliss-reactive ketones (excluding diaryl/α,β-unsaturated/α-hetero) is 1. The van der Waals surface area contributed by atoms with E-state index < -0.39 is 115 Å². The number of carbonyl (C=O) groups is 11. The Morgan fingerprint density at radius 3 is 1.23 bits per heavy atom. The minimum atomic E-state index is -1.90. The summed E-state index contributed by atoms with van der Waals surface area (Å²) in [5.74, 6) is -10.4. The van der Waals surface area contributed by atoms with Crippen molar-refractivity contribution in [3.05, 3.63) is 35.9 Å². The number of benzene rings is 1. The van der Waals surface area contributed by atoms with E-state index in [-0.39, 0.29) is 25.2 Å². The van der Waals surface area contributed by atoms with Crippen LogP contribution in [0.15, 0.2) is 30.3 Å². The second-order valence-electron chi connectivity index (χ2n) is 22.1. The third kappa shape index (κ3) is 40.5. The molecule has 470 valence electrons. The number of primary amides is 1. The largest absolute Gasteiger partial charge is 0.481 e. The average Bonchev–Trinajstić information content (AvgIpc) is 3.48. The van der Waals surface area contributed by atoms with Gasteiger partial charge in [0.2, 0.25) is 47.3 Å². The molecular formula is C62H104N8O13. The van der Waals surface area contributed by atoms with E-state index in [1.807, 2.05) is 0 Å². The predicted molar refractivity (Wildman–Crippen MR) is 319 cm³/mol. The second kappa shape index (κ2) is 48.0. The topological polar surface area (TPSA) is 338 Å². The molecule has 8 amide bonds. The van der Waals surface area contributed by atoms with Gasteiger partial charge in [-0.05, 0) is 51.0 Å². The van der Waals surface area contributed by atoms with Crippen LogP contribution in [0.5, 0.6) is 0 Å². The molecule has 0 aliphatic heterocycles. The highest BCUT2D eigenvalue weighted by Crippen LogP contribution is 2.16. The number of ketones is 1. The fourth-order valence-electron chi connectivity index (χ4n) is 9.61. The van der Waals surface area contributed by atoms with Crippen molar-refractivity contribution in [1.29, 1.82) is 0 Å². The first-order chi connectivity index (χ1) is 39.9. The summed E-state index contributed by atoms with van der Waals surface area (Å²) in [4.78, 5) is 142. The molecule has 0 heterocycles. The van der Waals surface area contributed by atoms with E-state index in [0.29, 0.717) is 37.8 Å². The first kappa shape index (κ1) is 74.6. The van der Waals surface area contributed by atoms with Gasteiger partial charge in [0.05, 0.1) is 31.8 Å². The summed E-state index contributed by atoms with van der Waals surface area (Å²) >= 11 is 0. The van der Waals surface area contributed by atoms with Gasteiger partial charge in [-0.25, -0.2) is 0 Å². The Morgan fingerprint density at radius 1 is 0.410 bits per heavy atom. The van der Waals surface area contributed by atoms with Gasteiger partial charge in [-0.15, -0.1) is 0 Å². The van der Waals surface area contributed by atoms with Crippen LogP contribution in [0.2, 0.25) is 0 Å². The summed E-state index contributed by atoms with van der Waals surface area (Å²) in [5.41, 5.74) is 6.17. The Kier molecular flexibility index (Phi) is 43.2. The van der Waals surface area contributed by atoms with E-state index in [2.05, 4.69) is 51.1 Å². The Balaban J connectivity index is 2.96. The van der Waals surface area contributed by atoms with E-state index >= 15 is 0 Å². The zero-order valence-electron chi connectivity index (χ0n) is 50.4. The van der Waals surface area contributed by atoms with Crippen LogP contribution in [-0.2, 0) is 59.2 Å². The van der Waals surface area contributed by atoms with Gasteiger partial charge in [-0.1, -0.05) is 198 Å². The first-order valence-corrected chi connectivity index (χ1v) is 31.2. The molecule has 21 heteroatoms. The molecule has 0 aromatic heterocycles. The molecular weight excluding hydrogens is 1060 g/mol. The molecule has 0 bridgehead atoms. The van der Waals surface area contributed by atoms with Crippen molar-refractivity contribution in [2.45, 2.75) is 276 Å². The third-order valence-electron chi connectivity index (χ3n) is 14.5. The molecule has 0 aliphatic rings. The lowest BCUT2D eigenvalue weighted by Gasteiger charge is -2.25. The summed E-state index contributed by atoms with van der Waals surface area (Å²) in [6.45, 7) is 5.07. The number of hydrogen-bond acceptors (Lipinski definition) is 11. The minimum Gasteiger partial charge on any atom is -0.481 e. The highest BCUT2D eigenvalue weighted by Gasteiger charge is 2.33. The van der Waals surface area contributed by atoms with Crippen LogP contribution >= 0.6 is 0 Å². The first-order valence-electron chi connectivity index (χ1n) is 31.2. The fraction of sp³-hybridized carbons (Fsp3) is 0.726. The number of unbranched alkanes of at least 4 members (excludes halogenated alkanes) is 25. The highest BCUT2D eigenvalue weighted by atomic mass is 16.4. The van der Waals surface area contributed by atoms with Gasteiger partial charge in [0.25, 0.3) is 0 Å². The fourth-order valence-corrected chi connectivity index (χ4v) is 9.61. The van der Waals surface area contributed by atoms with Crippen LogP contribution in [0.1, 0.15) is 245 Å². The lowest BCUT2D eigenvalue weighted by atomic mass is 10.0. The Hall–Kier alpha value is -6.41. The second-order valence-corrected chi connectivity index (χ2v) is 22.1. The number of nitrogens with one attached hydrogen (secondary N) is 7. The maximum atomic E-state index is 14.0. The van der Waals surface area contributed by atoms with Gasteiger partial charge in [0, 0.05) is 19.4 Å². The van der Waals surface area contributed by atoms with Crippen LogP contribution in [0.4, 0.5) is 0 Å². The van der Waals surface area contributed by atoms with Crippen LogP contribution < -0.4 is 43.0 Å². The normalized spacial score (nSPS) is 12.8. The number of carboxylic acid groups (broad SMARTS) is 2. The molecule has 5 unspecified atom stereocenters. The SMILES string of the molecule is CCCCCCCCCCCCCCCC(=O)NCCCCC(NC(=O)CCCCCCCCCCCCCCC)C(=O)NC(CC(N)=O)C(=O)NC(CC(=O)O)C(=O)NCC(=O)NC(CC(=O)O)C(=O)NC(Cc1ccccc1)C(C)=O. The third-order valence-corrected chi connectivity index (χ3v) is 14.5. The van der Waals surface area contributed by atoms with Gasteiger partial charge in [0.15, 0.2) is 5.78 Å². The van der Waals surface area contributed by atoms with E-state index in [1.54, 1.807) is 30.3 Å². The Bertz CT molecular complexity index is 2080. The van der Waals surface area contributed by atoms with Crippen molar-refractivity contribution in [3.63, 3.8) is 0 Å². The van der Waals surface area contributed by atoms with E-state index in [1.165, 1.54) is 116 Å². The number of hydrogen-bond donors (Lipinski definition) is 10. The lowest BCUT2D eigenvalue weighted by Crippen LogP contribution is -2.58. The number of amides is 8. The number of carboxylic acids is 2. The highest BCUT2D eigenvalue weighted by molar-refractivity contribution is 5.99. The van der Waals surface area contributed by atoms with Crippen molar-refractivity contribution in [2.75, 3.05) is 13.1 Å². The summed E-state index contributed by atoms with van der Waals surface area (Å²) in [6.07, 6.45) is 28.9. The van der Waals surface area contributed by atoms with Gasteiger partial charge in [-0.2, -0.15) is 0 Å². The molecule has 1 aromatic rings. The summed E-state index contributed by atoms with van der Waals surface area (Å²) in [7, 11) is 0. The molecule has 0 fully saturated rings. The monoisotopic (exact) mass is 1170 g/mol. The molecule has 1 rings (SSSR count). The molecule has 21 nitrogen and oxygen atoms in total. The van der Waals surface area contributed by atoms with E-state index in [9.17, 15) is 63.0 Å². The molecule has 0 spiro atoms. The van der Waals surface area contributed by atoms with Crippen molar-refractivity contribution >= 4 is 65.0 Å². The van der Waals surface area contributed by atoms with E-state index in [0.717, 1.165) is 51.4 Å². The van der Waals surface area contributed by atoms with Gasteiger partial charge >= 0.3 is 11.9 Å². The van der Waals surface area contributed by atoms with Crippen LogP contribution in [0.3, 0.4) is 0 Å². The van der Waals surface area contributed by atoms with Crippen LogP contribution in [-0.4, -0.2) is 118 Å². The molecule has 11 N–H and O–H groups in total. The standard InChI is InChI=1S/C62H104N8O13/c1-4-6-8-10-12-14-16-18-20-22-24-26-31-38-54(73)64-40-34-33-37-48(66-55(74)39-32-27-25-23-21-19-17-15-13-11-9-7-5-2)60(81)69-50(42-53(63)72)61(82)70-51(43-57(76)77)59(80)65-45-56(75)67-52(44-58(78)79)62(83)68-49(46(3)71)41-47-35-29-28-30-36-47/h28-30,35-36,48-52H,4-27,31-34,37-45H2,1-3H3,(H2,63,72)(H,64,73)(H,65,80)(H,66,74)(H,67,75)(H,68,83)(H,69,81)(H,70,82)(H,76,77)(H,78,79). The number of rotatable bonds is 53. The summed E-state index contributed by atoms with van der Waals surface area (Å²) in [6, 6.07) is 1.04. The molecule has 0 aliphatic carbocycles. The molecule has 83 heavy (non-hydrogen) atoms. The Morgan fingerprint density at radius 2 is 0.795 bits per heavy atom. The number of nitrogens with two attached hydrogens (primary N) is 1. The van der Waals surface area contributed by atoms with Crippen LogP contribution in [0, 0.1) is 0 Å². The van der Waals surface area contributed by atoms with E-state index in [4.69, 9.17) is 5.73 Å². The minimum absolute atomic E-state index is 0.0733. The summed E-state index contributed by atoms with van der Waals surface area (Å²) < 4.78 is 0. The smallest absolute Gasteiger partial charge is 0.305 e. The average molecular weight is 1170 g/mol. The quantitative estimate of drug-likeness (QED) is 0.0284. The molecule has 5 atom stereocenters. The van der Waals surface area contributed by atoms with Gasteiger partial charge < -0.3 is 53.2 Å². The van der Waals surface area contributed by atoms with Crippen molar-refractivity contribution in [1.82, 2.24) is 37.2 Å².